The molecule has 0 spiro atoms. The van der Waals surface area contributed by atoms with E-state index in [1.54, 1.807) is 26.0 Å². The number of aromatic nitrogens is 1. The first kappa shape index (κ1) is 18.9. The molecule has 1 heterocycles. The number of carboxylic acids is 1. The quantitative estimate of drug-likeness (QED) is 0.455. The van der Waals surface area contributed by atoms with Gasteiger partial charge in [-0.15, -0.1) is 0 Å². The Morgan fingerprint density at radius 2 is 1.62 bits per heavy atom. The van der Waals surface area contributed by atoms with Gasteiger partial charge in [-0.2, -0.15) is 0 Å². The lowest BCUT2D eigenvalue weighted by atomic mass is 9.71. The van der Waals surface area contributed by atoms with E-state index in [2.05, 4.69) is 6.07 Å². The molecule has 146 valence electrons. The molecule has 0 radical (unpaired) electrons. The number of hydrogen-bond acceptors (Lipinski definition) is 1. The highest BCUT2D eigenvalue weighted by atomic mass is 19.1. The Morgan fingerprint density at radius 3 is 2.28 bits per heavy atom. The topological polar surface area (TPSA) is 42.2 Å². The van der Waals surface area contributed by atoms with Crippen LogP contribution in [0.3, 0.4) is 0 Å². The maximum absolute atomic E-state index is 13.3. The van der Waals surface area contributed by atoms with Gasteiger partial charge in [0.2, 0.25) is 0 Å². The summed E-state index contributed by atoms with van der Waals surface area (Å²) in [4.78, 5) is 12.1. The summed E-state index contributed by atoms with van der Waals surface area (Å²) in [6.07, 6.45) is 1.95. The van der Waals surface area contributed by atoms with Crippen molar-refractivity contribution < 1.29 is 14.3 Å². The van der Waals surface area contributed by atoms with Crippen molar-refractivity contribution >= 4 is 16.9 Å². The van der Waals surface area contributed by atoms with E-state index in [0.717, 1.165) is 27.7 Å². The molecule has 0 saturated carbocycles. The summed E-state index contributed by atoms with van der Waals surface area (Å²) in [6, 6.07) is 24.2. The van der Waals surface area contributed by atoms with E-state index in [4.69, 9.17) is 0 Å². The summed E-state index contributed by atoms with van der Waals surface area (Å²) in [5.41, 5.74) is 2.80. The highest BCUT2D eigenvalue weighted by Crippen LogP contribution is 2.42. The molecule has 4 aromatic rings. The van der Waals surface area contributed by atoms with Gasteiger partial charge in [-0.1, -0.05) is 36.4 Å². The van der Waals surface area contributed by atoms with E-state index < -0.39 is 11.4 Å². The number of fused-ring (bicyclic) bond motifs is 1. The van der Waals surface area contributed by atoms with Gasteiger partial charge in [0.15, 0.2) is 0 Å². The molecule has 4 rings (SSSR count). The van der Waals surface area contributed by atoms with Crippen LogP contribution < -0.4 is 0 Å². The Hall–Kier alpha value is -3.40. The lowest BCUT2D eigenvalue weighted by Gasteiger charge is -2.31. The molecular formula is C25H22FNO2. The number of nitrogens with zero attached hydrogens (tertiary/aromatic N) is 1. The molecule has 0 amide bonds. The molecule has 3 nitrogen and oxygen atoms in total. The average Bonchev–Trinajstić information content (AvgIpc) is 3.12. The van der Waals surface area contributed by atoms with Crippen LogP contribution in [0.25, 0.3) is 16.6 Å². The number of halogens is 1. The van der Waals surface area contributed by atoms with E-state index in [0.29, 0.717) is 0 Å². The molecule has 0 aliphatic rings. The zero-order valence-corrected chi connectivity index (χ0v) is 16.3. The third-order valence-corrected chi connectivity index (χ3v) is 5.56. The van der Waals surface area contributed by atoms with Crippen molar-refractivity contribution in [1.82, 2.24) is 4.57 Å². The number of benzene rings is 3. The number of hydrogen-bond donors (Lipinski definition) is 1. The van der Waals surface area contributed by atoms with Gasteiger partial charge in [0.05, 0.1) is 10.9 Å². The average molecular weight is 387 g/mol. The fraction of sp³-hybridized carbons (Fsp3) is 0.160. The first-order valence-electron chi connectivity index (χ1n) is 9.53. The molecule has 0 aliphatic carbocycles. The lowest BCUT2D eigenvalue weighted by molar-refractivity contribution is -0.147. The molecule has 1 aromatic heterocycles. The first-order chi connectivity index (χ1) is 13.9. The second kappa shape index (κ2) is 7.21. The molecule has 1 N–H and O–H groups in total. The SMILES string of the molecule is CC(C)(C(=O)O)C(c1ccccc1)c1ccc2c(ccn2-c2ccc(F)cc2)c1. The second-order valence-electron chi connectivity index (χ2n) is 7.85. The fourth-order valence-electron chi connectivity index (χ4n) is 3.96. The Kier molecular flexibility index (Phi) is 4.71. The van der Waals surface area contributed by atoms with Gasteiger partial charge in [0.25, 0.3) is 0 Å². The molecule has 1 atom stereocenters. The molecule has 0 saturated heterocycles. The zero-order chi connectivity index (χ0) is 20.6. The van der Waals surface area contributed by atoms with Crippen LogP contribution in [0.4, 0.5) is 4.39 Å². The van der Waals surface area contributed by atoms with E-state index in [-0.39, 0.29) is 11.7 Å². The fourth-order valence-corrected chi connectivity index (χ4v) is 3.96. The van der Waals surface area contributed by atoms with Crippen molar-refractivity contribution in [3.05, 3.63) is 102 Å². The lowest BCUT2D eigenvalue weighted by Crippen LogP contribution is -2.32. The minimum absolute atomic E-state index is 0.269. The molecule has 3 aromatic carbocycles. The molecule has 0 bridgehead atoms. The summed E-state index contributed by atoms with van der Waals surface area (Å²) in [5, 5.41) is 10.9. The molecule has 0 fully saturated rings. The number of carbonyl (C=O) groups is 1. The number of carboxylic acid groups (broad SMARTS) is 1. The van der Waals surface area contributed by atoms with Crippen molar-refractivity contribution in [1.29, 1.82) is 0 Å². The van der Waals surface area contributed by atoms with Gasteiger partial charge in [0.1, 0.15) is 5.82 Å². The van der Waals surface area contributed by atoms with Crippen molar-refractivity contribution in [2.45, 2.75) is 19.8 Å². The standard InChI is InChI=1S/C25H22FNO2/c1-25(2,24(28)29)23(17-6-4-3-5-7-17)19-8-13-22-18(16-19)14-15-27(22)21-11-9-20(26)10-12-21/h3-16,23H,1-2H3,(H,28,29). The van der Waals surface area contributed by atoms with Crippen LogP contribution in [0.5, 0.6) is 0 Å². The Morgan fingerprint density at radius 1 is 0.931 bits per heavy atom. The van der Waals surface area contributed by atoms with Gasteiger partial charge in [-0.25, -0.2) is 4.39 Å². The highest BCUT2D eigenvalue weighted by molar-refractivity contribution is 5.84. The van der Waals surface area contributed by atoms with Crippen molar-refractivity contribution in [3.63, 3.8) is 0 Å². The maximum atomic E-state index is 13.3. The Bertz CT molecular complexity index is 1160. The largest absolute Gasteiger partial charge is 0.481 e. The van der Waals surface area contributed by atoms with Crippen LogP contribution in [-0.2, 0) is 4.79 Å². The molecule has 4 heteroatoms. The normalized spacial score (nSPS) is 12.8. The van der Waals surface area contributed by atoms with Gasteiger partial charge >= 0.3 is 5.97 Å². The predicted molar refractivity (Wildman–Crippen MR) is 113 cm³/mol. The minimum atomic E-state index is -0.978. The Labute approximate surface area is 169 Å². The summed E-state index contributed by atoms with van der Waals surface area (Å²) in [7, 11) is 0. The minimum Gasteiger partial charge on any atom is -0.481 e. The molecular weight excluding hydrogens is 365 g/mol. The summed E-state index contributed by atoms with van der Waals surface area (Å²) in [5.74, 6) is -1.40. The van der Waals surface area contributed by atoms with Crippen molar-refractivity contribution in [3.8, 4) is 5.69 Å². The number of aliphatic carboxylic acids is 1. The van der Waals surface area contributed by atoms with Crippen LogP contribution in [0.2, 0.25) is 0 Å². The van der Waals surface area contributed by atoms with Crippen molar-refractivity contribution in [2.24, 2.45) is 5.41 Å². The highest BCUT2D eigenvalue weighted by Gasteiger charge is 2.39. The van der Waals surface area contributed by atoms with E-state index in [9.17, 15) is 14.3 Å². The third kappa shape index (κ3) is 3.42. The molecule has 0 aliphatic heterocycles. The summed E-state index contributed by atoms with van der Waals surface area (Å²) < 4.78 is 15.3. The molecule has 1 unspecified atom stereocenters. The van der Waals surface area contributed by atoms with Gasteiger partial charge in [-0.05, 0) is 67.4 Å². The monoisotopic (exact) mass is 387 g/mol. The number of rotatable bonds is 5. The second-order valence-corrected chi connectivity index (χ2v) is 7.85. The summed E-state index contributed by atoms with van der Waals surface area (Å²) >= 11 is 0. The molecule has 29 heavy (non-hydrogen) atoms. The van der Waals surface area contributed by atoms with Crippen LogP contribution in [0.15, 0.2) is 85.1 Å². The van der Waals surface area contributed by atoms with Crippen LogP contribution in [0.1, 0.15) is 30.9 Å². The van der Waals surface area contributed by atoms with Crippen LogP contribution >= 0.6 is 0 Å². The smallest absolute Gasteiger partial charge is 0.310 e. The van der Waals surface area contributed by atoms with Crippen molar-refractivity contribution in [2.75, 3.05) is 0 Å². The maximum Gasteiger partial charge on any atom is 0.310 e. The van der Waals surface area contributed by atoms with E-state index in [1.807, 2.05) is 59.3 Å². The summed E-state index contributed by atoms with van der Waals surface area (Å²) in [6.45, 7) is 3.53. The Balaban J connectivity index is 1.83. The van der Waals surface area contributed by atoms with Gasteiger partial charge < -0.3 is 9.67 Å². The van der Waals surface area contributed by atoms with E-state index in [1.165, 1.54) is 12.1 Å². The predicted octanol–water partition coefficient (Wildman–Crippen LogP) is 6.01. The van der Waals surface area contributed by atoms with Crippen LogP contribution in [0, 0.1) is 11.2 Å². The van der Waals surface area contributed by atoms with E-state index >= 15 is 0 Å². The third-order valence-electron chi connectivity index (χ3n) is 5.56. The van der Waals surface area contributed by atoms with Gasteiger partial charge in [0, 0.05) is 23.2 Å². The zero-order valence-electron chi connectivity index (χ0n) is 16.3. The van der Waals surface area contributed by atoms with Gasteiger partial charge in [-0.3, -0.25) is 4.79 Å². The first-order valence-corrected chi connectivity index (χ1v) is 9.53. The van der Waals surface area contributed by atoms with Crippen LogP contribution in [-0.4, -0.2) is 15.6 Å².